The molecule has 1 unspecified atom stereocenters. The molecule has 0 aliphatic carbocycles. The molecule has 0 amide bonds. The van der Waals surface area contributed by atoms with Crippen molar-refractivity contribution in [3.05, 3.63) is 4.91 Å². The number of carbonyl (C=O) groups is 1. The zero-order valence-electron chi connectivity index (χ0n) is 9.33. The predicted molar refractivity (Wildman–Crippen MR) is 56.8 cm³/mol. The first kappa shape index (κ1) is 14.9. The predicted octanol–water partition coefficient (Wildman–Crippen LogP) is -1.03. The van der Waals surface area contributed by atoms with Gasteiger partial charge in [0.05, 0.1) is 19.8 Å². The van der Waals surface area contributed by atoms with Crippen LogP contribution in [-0.4, -0.2) is 66.6 Å². The first-order valence-electron chi connectivity index (χ1n) is 5.12. The fraction of sp³-hybridized carbons (Fsp3) is 0.889. The summed E-state index contributed by atoms with van der Waals surface area (Å²) in [5.41, 5.74) is 0. The van der Waals surface area contributed by atoms with Gasteiger partial charge in [-0.3, -0.25) is 4.90 Å². The van der Waals surface area contributed by atoms with Gasteiger partial charge in [-0.2, -0.15) is 0 Å². The van der Waals surface area contributed by atoms with Gasteiger partial charge in [-0.15, -0.1) is 4.91 Å². The standard InChI is InChI=1S/C9H18N2O5/c1-2-16-9(14)8(10-15)7-11(3-5-12)4-6-13/h8,12-13H,2-7H2,1H3. The quantitative estimate of drug-likeness (QED) is 0.391. The Morgan fingerprint density at radius 3 is 2.31 bits per heavy atom. The van der Waals surface area contributed by atoms with Crippen molar-refractivity contribution in [2.45, 2.75) is 13.0 Å². The Morgan fingerprint density at radius 1 is 1.38 bits per heavy atom. The number of rotatable bonds is 9. The van der Waals surface area contributed by atoms with Gasteiger partial charge >= 0.3 is 5.97 Å². The van der Waals surface area contributed by atoms with Crippen molar-refractivity contribution in [2.24, 2.45) is 5.18 Å². The molecule has 16 heavy (non-hydrogen) atoms. The van der Waals surface area contributed by atoms with Crippen molar-refractivity contribution in [2.75, 3.05) is 39.5 Å². The molecule has 94 valence electrons. The summed E-state index contributed by atoms with van der Waals surface area (Å²) in [5, 5.41) is 20.2. The van der Waals surface area contributed by atoms with Crippen LogP contribution in [0.5, 0.6) is 0 Å². The Balaban J connectivity index is 4.24. The second-order valence-electron chi connectivity index (χ2n) is 3.12. The van der Waals surface area contributed by atoms with E-state index in [-0.39, 0.29) is 39.5 Å². The first-order chi connectivity index (χ1) is 7.69. The van der Waals surface area contributed by atoms with Gasteiger partial charge in [0.1, 0.15) is 0 Å². The number of aliphatic hydroxyl groups is 2. The summed E-state index contributed by atoms with van der Waals surface area (Å²) in [6, 6.07) is -1.11. The molecule has 0 heterocycles. The van der Waals surface area contributed by atoms with E-state index in [1.165, 1.54) is 0 Å². The molecular weight excluding hydrogens is 216 g/mol. The highest BCUT2D eigenvalue weighted by Crippen LogP contribution is 1.99. The van der Waals surface area contributed by atoms with E-state index < -0.39 is 12.0 Å². The summed E-state index contributed by atoms with van der Waals surface area (Å²) in [7, 11) is 0. The number of hydrogen-bond acceptors (Lipinski definition) is 7. The molecule has 7 nitrogen and oxygen atoms in total. The minimum absolute atomic E-state index is 0.0451. The largest absolute Gasteiger partial charge is 0.464 e. The van der Waals surface area contributed by atoms with E-state index >= 15 is 0 Å². The number of carbonyl (C=O) groups excluding carboxylic acids is 1. The van der Waals surface area contributed by atoms with Crippen LogP contribution >= 0.6 is 0 Å². The summed E-state index contributed by atoms with van der Waals surface area (Å²) in [4.78, 5) is 23.3. The van der Waals surface area contributed by atoms with Gasteiger partial charge in [0.15, 0.2) is 0 Å². The molecule has 0 aromatic heterocycles. The number of nitrogens with zero attached hydrogens (tertiary/aromatic N) is 2. The van der Waals surface area contributed by atoms with Gasteiger partial charge in [0.2, 0.25) is 6.04 Å². The molecule has 0 saturated carbocycles. The van der Waals surface area contributed by atoms with E-state index in [1.807, 2.05) is 0 Å². The lowest BCUT2D eigenvalue weighted by Crippen LogP contribution is -2.39. The zero-order valence-corrected chi connectivity index (χ0v) is 9.33. The van der Waals surface area contributed by atoms with Crippen molar-refractivity contribution in [1.29, 1.82) is 0 Å². The van der Waals surface area contributed by atoms with Crippen molar-refractivity contribution in [3.8, 4) is 0 Å². The molecule has 0 aliphatic rings. The Kier molecular flexibility index (Phi) is 8.59. The first-order valence-corrected chi connectivity index (χ1v) is 5.12. The average molecular weight is 234 g/mol. The molecule has 0 aromatic carbocycles. The van der Waals surface area contributed by atoms with Crippen LogP contribution < -0.4 is 0 Å². The molecule has 0 bridgehead atoms. The molecule has 2 N–H and O–H groups in total. The molecule has 0 spiro atoms. The molecular formula is C9H18N2O5. The summed E-state index contributed by atoms with van der Waals surface area (Å²) >= 11 is 0. The number of hydrogen-bond donors (Lipinski definition) is 2. The maximum Gasteiger partial charge on any atom is 0.335 e. The highest BCUT2D eigenvalue weighted by molar-refractivity contribution is 5.76. The van der Waals surface area contributed by atoms with Crippen LogP contribution in [0.4, 0.5) is 0 Å². The molecule has 0 radical (unpaired) electrons. The number of aliphatic hydroxyl groups excluding tert-OH is 2. The summed E-state index contributed by atoms with van der Waals surface area (Å²) in [6.45, 7) is 2.17. The molecule has 0 rings (SSSR count). The highest BCUT2D eigenvalue weighted by Gasteiger charge is 2.23. The number of nitroso groups, excluding NO2 is 1. The molecule has 1 atom stereocenters. The normalized spacial score (nSPS) is 12.5. The van der Waals surface area contributed by atoms with Crippen LogP contribution in [0, 0.1) is 4.91 Å². The Labute approximate surface area is 94.0 Å². The van der Waals surface area contributed by atoms with Crippen molar-refractivity contribution >= 4 is 5.97 Å². The number of ether oxygens (including phenoxy) is 1. The van der Waals surface area contributed by atoms with Gasteiger partial charge < -0.3 is 14.9 Å². The SMILES string of the molecule is CCOC(=O)C(CN(CCO)CCO)N=O. The van der Waals surface area contributed by atoms with E-state index in [1.54, 1.807) is 11.8 Å². The monoisotopic (exact) mass is 234 g/mol. The fourth-order valence-corrected chi connectivity index (χ4v) is 1.21. The zero-order chi connectivity index (χ0) is 12.4. The minimum Gasteiger partial charge on any atom is -0.464 e. The number of esters is 1. The van der Waals surface area contributed by atoms with Gasteiger partial charge in [-0.05, 0) is 6.92 Å². The molecule has 0 aliphatic heterocycles. The van der Waals surface area contributed by atoms with Crippen LogP contribution in [0.3, 0.4) is 0 Å². The van der Waals surface area contributed by atoms with Crippen molar-refractivity contribution in [3.63, 3.8) is 0 Å². The second-order valence-corrected chi connectivity index (χ2v) is 3.12. The fourth-order valence-electron chi connectivity index (χ4n) is 1.21. The maximum absolute atomic E-state index is 11.3. The second kappa shape index (κ2) is 9.20. The molecule has 0 fully saturated rings. The van der Waals surface area contributed by atoms with E-state index in [4.69, 9.17) is 10.2 Å². The molecule has 0 aromatic rings. The highest BCUT2D eigenvalue weighted by atomic mass is 16.5. The Hall–Kier alpha value is -1.05. The van der Waals surface area contributed by atoms with Crippen LogP contribution in [0.2, 0.25) is 0 Å². The Bertz CT molecular complexity index is 206. The summed E-state index contributed by atoms with van der Waals surface area (Å²) in [5.74, 6) is -0.682. The van der Waals surface area contributed by atoms with E-state index in [9.17, 15) is 9.70 Å². The van der Waals surface area contributed by atoms with Gasteiger partial charge in [0.25, 0.3) is 0 Å². The lowest BCUT2D eigenvalue weighted by atomic mass is 10.3. The molecule has 7 heteroatoms. The summed E-state index contributed by atoms with van der Waals surface area (Å²) in [6.07, 6.45) is 0. The van der Waals surface area contributed by atoms with Crippen LogP contribution in [0.1, 0.15) is 6.92 Å². The summed E-state index contributed by atoms with van der Waals surface area (Å²) < 4.78 is 4.67. The Morgan fingerprint density at radius 2 is 1.94 bits per heavy atom. The average Bonchev–Trinajstić information content (AvgIpc) is 2.26. The lowest BCUT2D eigenvalue weighted by Gasteiger charge is -2.21. The third kappa shape index (κ3) is 5.74. The smallest absolute Gasteiger partial charge is 0.335 e. The van der Waals surface area contributed by atoms with Gasteiger partial charge in [-0.1, -0.05) is 5.18 Å². The van der Waals surface area contributed by atoms with E-state index in [2.05, 4.69) is 9.91 Å². The maximum atomic E-state index is 11.3. The van der Waals surface area contributed by atoms with Gasteiger partial charge in [0, 0.05) is 19.6 Å². The van der Waals surface area contributed by atoms with Crippen molar-refractivity contribution in [1.82, 2.24) is 4.90 Å². The van der Waals surface area contributed by atoms with E-state index in [0.717, 1.165) is 0 Å². The van der Waals surface area contributed by atoms with Crippen molar-refractivity contribution < 1.29 is 19.7 Å². The third-order valence-corrected chi connectivity index (χ3v) is 1.95. The third-order valence-electron chi connectivity index (χ3n) is 1.95. The van der Waals surface area contributed by atoms with Crippen LogP contribution in [0.15, 0.2) is 5.18 Å². The van der Waals surface area contributed by atoms with Crippen LogP contribution in [0.25, 0.3) is 0 Å². The van der Waals surface area contributed by atoms with E-state index in [0.29, 0.717) is 0 Å². The van der Waals surface area contributed by atoms with Crippen LogP contribution in [-0.2, 0) is 9.53 Å². The molecule has 0 saturated heterocycles. The van der Waals surface area contributed by atoms with Gasteiger partial charge in [-0.25, -0.2) is 4.79 Å². The minimum atomic E-state index is -1.11. The topological polar surface area (TPSA) is 99.4 Å². The lowest BCUT2D eigenvalue weighted by molar-refractivity contribution is -0.145.